The van der Waals surface area contributed by atoms with Crippen molar-refractivity contribution < 1.29 is 27.9 Å². The van der Waals surface area contributed by atoms with Crippen LogP contribution in [0.4, 0.5) is 8.78 Å². The number of nitrogens with zero attached hydrogens (tertiary/aromatic N) is 2. The zero-order valence-corrected chi connectivity index (χ0v) is 22.1. The number of aliphatic carboxylic acids is 1. The molecule has 0 unspecified atom stereocenters. The van der Waals surface area contributed by atoms with Crippen molar-refractivity contribution in [3.05, 3.63) is 53.1 Å². The third-order valence-electron chi connectivity index (χ3n) is 5.56. The van der Waals surface area contributed by atoms with E-state index in [9.17, 15) is 13.6 Å². The molecular formula is C27H32ClF2N3O4. The van der Waals surface area contributed by atoms with E-state index in [4.69, 9.17) is 26.0 Å². The summed E-state index contributed by atoms with van der Waals surface area (Å²) in [5, 5.41) is 16.6. The fourth-order valence-corrected chi connectivity index (χ4v) is 3.88. The zero-order chi connectivity index (χ0) is 27.2. The molecule has 0 saturated heterocycles. The summed E-state index contributed by atoms with van der Waals surface area (Å²) < 4.78 is 33.2. The molecule has 1 aliphatic rings. The molecule has 4 rings (SSSR count). The third kappa shape index (κ3) is 8.79. The van der Waals surface area contributed by atoms with Gasteiger partial charge in [-0.25, -0.2) is 8.78 Å². The average molecular weight is 536 g/mol. The van der Waals surface area contributed by atoms with Crippen LogP contribution in [-0.2, 0) is 10.2 Å². The second kappa shape index (κ2) is 12.0. The molecular weight excluding hydrogens is 504 g/mol. The molecule has 1 heterocycles. The van der Waals surface area contributed by atoms with Crippen molar-refractivity contribution in [3.8, 4) is 28.6 Å². The molecule has 1 saturated carbocycles. The van der Waals surface area contributed by atoms with Crippen LogP contribution in [0.15, 0.2) is 47.0 Å². The van der Waals surface area contributed by atoms with E-state index in [1.165, 1.54) is 5.56 Å². The molecule has 1 aliphatic carbocycles. The second-order valence-electron chi connectivity index (χ2n) is 9.74. The topological polar surface area (TPSA) is 97.5 Å². The summed E-state index contributed by atoms with van der Waals surface area (Å²) in [7, 11) is 0. The summed E-state index contributed by atoms with van der Waals surface area (Å²) in [6, 6.07) is 13.6. The summed E-state index contributed by atoms with van der Waals surface area (Å²) in [5.41, 5.74) is 2.92. The van der Waals surface area contributed by atoms with Crippen LogP contribution in [0, 0.1) is 0 Å². The molecule has 1 fully saturated rings. The van der Waals surface area contributed by atoms with Gasteiger partial charge in [0.05, 0.1) is 17.5 Å². The van der Waals surface area contributed by atoms with Gasteiger partial charge in [0.25, 0.3) is 5.89 Å². The smallest absolute Gasteiger partial charge is 0.304 e. The number of nitrogens with one attached hydrogen (secondary N) is 1. The van der Waals surface area contributed by atoms with Gasteiger partial charge in [0.15, 0.2) is 0 Å². The number of alkyl halides is 2. The summed E-state index contributed by atoms with van der Waals surface area (Å²) in [6.45, 7) is 6.86. The minimum absolute atomic E-state index is 0.0356. The minimum atomic E-state index is -2.50. The summed E-state index contributed by atoms with van der Waals surface area (Å²) in [5.74, 6) is -1.76. The van der Waals surface area contributed by atoms with Crippen molar-refractivity contribution in [2.24, 2.45) is 0 Å². The molecule has 0 spiro atoms. The number of hydrogen-bond acceptors (Lipinski definition) is 6. The summed E-state index contributed by atoms with van der Waals surface area (Å²) >= 11 is 6.33. The molecule has 200 valence electrons. The highest BCUT2D eigenvalue weighted by Gasteiger charge is 2.43. The Kier molecular flexibility index (Phi) is 9.26. The predicted molar refractivity (Wildman–Crippen MR) is 138 cm³/mol. The fraction of sp³-hybridized carbons (Fsp3) is 0.444. The molecule has 0 bridgehead atoms. The lowest BCUT2D eigenvalue weighted by molar-refractivity contribution is -0.136. The van der Waals surface area contributed by atoms with E-state index in [1.807, 2.05) is 38.1 Å². The highest BCUT2D eigenvalue weighted by Crippen LogP contribution is 2.48. The summed E-state index contributed by atoms with van der Waals surface area (Å²) in [6.07, 6.45) is 2.35. The second-order valence-corrected chi connectivity index (χ2v) is 10.1. The highest BCUT2D eigenvalue weighted by atomic mass is 35.5. The van der Waals surface area contributed by atoms with Crippen molar-refractivity contribution in [2.75, 3.05) is 13.1 Å². The van der Waals surface area contributed by atoms with Crippen molar-refractivity contribution >= 4 is 17.6 Å². The Morgan fingerprint density at radius 3 is 2.35 bits per heavy atom. The monoisotopic (exact) mass is 535 g/mol. The lowest BCUT2D eigenvalue weighted by atomic mass is 9.95. The van der Waals surface area contributed by atoms with Crippen LogP contribution in [-0.4, -0.2) is 46.3 Å². The highest BCUT2D eigenvalue weighted by molar-refractivity contribution is 6.32. The van der Waals surface area contributed by atoms with Gasteiger partial charge in [0, 0.05) is 29.6 Å². The van der Waals surface area contributed by atoms with Gasteiger partial charge in [-0.1, -0.05) is 28.9 Å². The first kappa shape index (κ1) is 28.5. The molecule has 7 nitrogen and oxygen atoms in total. The van der Waals surface area contributed by atoms with Crippen molar-refractivity contribution in [1.29, 1.82) is 0 Å². The number of rotatable bonds is 10. The Balaban J connectivity index is 0.000000695. The number of carbonyl (C=O) groups is 1. The number of ether oxygens (including phenoxy) is 1. The fourth-order valence-electron chi connectivity index (χ4n) is 3.66. The molecule has 0 radical (unpaired) electrons. The third-order valence-corrected chi connectivity index (χ3v) is 5.85. The van der Waals surface area contributed by atoms with E-state index in [-0.39, 0.29) is 17.9 Å². The van der Waals surface area contributed by atoms with Gasteiger partial charge < -0.3 is 19.7 Å². The van der Waals surface area contributed by atoms with Gasteiger partial charge in [-0.05, 0) is 76.4 Å². The maximum atomic E-state index is 11.0. The zero-order valence-electron chi connectivity index (χ0n) is 21.4. The minimum Gasteiger partial charge on any atom is -0.489 e. The van der Waals surface area contributed by atoms with Gasteiger partial charge in [-0.15, -0.1) is 0 Å². The molecule has 1 aromatic heterocycles. The lowest BCUT2D eigenvalue weighted by Crippen LogP contribution is -2.28. The first-order valence-corrected chi connectivity index (χ1v) is 12.5. The Labute approximate surface area is 220 Å². The van der Waals surface area contributed by atoms with Crippen LogP contribution in [0.2, 0.25) is 5.02 Å². The van der Waals surface area contributed by atoms with Crippen LogP contribution >= 0.6 is 11.6 Å². The molecule has 2 aromatic carbocycles. The van der Waals surface area contributed by atoms with Crippen LogP contribution in [0.1, 0.15) is 52.5 Å². The van der Waals surface area contributed by atoms with Crippen LogP contribution in [0.3, 0.4) is 0 Å². The molecule has 3 aromatic rings. The SMILES string of the molecule is CC(C)(F)F.CC(C)Oc1ccc(-c2noc(-c3ccc(C4(CNCCC(=O)O)CC4)cc3)n2)cc1Cl. The number of aromatic nitrogens is 2. The van der Waals surface area contributed by atoms with Crippen LogP contribution in [0.25, 0.3) is 22.8 Å². The van der Waals surface area contributed by atoms with Gasteiger partial charge in [0.2, 0.25) is 11.7 Å². The van der Waals surface area contributed by atoms with E-state index in [1.54, 1.807) is 6.07 Å². The van der Waals surface area contributed by atoms with E-state index < -0.39 is 11.9 Å². The van der Waals surface area contributed by atoms with Gasteiger partial charge in [0.1, 0.15) is 5.75 Å². The Morgan fingerprint density at radius 1 is 1.19 bits per heavy atom. The largest absolute Gasteiger partial charge is 0.489 e. The standard InChI is InChI=1S/C24H26ClN3O4.C3H6F2/c1-15(2)31-20-8-5-17(13-19(20)25)22-27-23(32-28-22)16-3-6-18(7-4-16)24(10-11-24)14-26-12-9-21(29)30;1-3(2,4)5/h3-8,13,15,26H,9-12,14H2,1-2H3,(H,29,30);1-2H3. The average Bonchev–Trinajstić information content (AvgIpc) is 3.43. The first-order valence-electron chi connectivity index (χ1n) is 12.1. The van der Waals surface area contributed by atoms with E-state index >= 15 is 0 Å². The maximum absolute atomic E-state index is 11.0. The Morgan fingerprint density at radius 2 is 1.81 bits per heavy atom. The number of benzene rings is 2. The van der Waals surface area contributed by atoms with Gasteiger partial charge >= 0.3 is 5.97 Å². The quantitative estimate of drug-likeness (QED) is 0.282. The Bertz CT molecular complexity index is 1180. The van der Waals surface area contributed by atoms with Crippen LogP contribution in [0.5, 0.6) is 5.75 Å². The van der Waals surface area contributed by atoms with E-state index in [0.717, 1.165) is 44.4 Å². The van der Waals surface area contributed by atoms with Crippen molar-refractivity contribution in [2.45, 2.75) is 64.4 Å². The molecule has 37 heavy (non-hydrogen) atoms. The predicted octanol–water partition coefficient (Wildman–Crippen LogP) is 6.60. The number of carboxylic acids is 1. The van der Waals surface area contributed by atoms with Crippen molar-refractivity contribution in [1.82, 2.24) is 15.5 Å². The normalized spacial score (nSPS) is 14.2. The molecule has 2 N–H and O–H groups in total. The van der Waals surface area contributed by atoms with Crippen LogP contribution < -0.4 is 10.1 Å². The number of carboxylic acid groups (broad SMARTS) is 1. The number of hydrogen-bond donors (Lipinski definition) is 2. The molecule has 0 atom stereocenters. The van der Waals surface area contributed by atoms with E-state index in [2.05, 4.69) is 27.6 Å². The maximum Gasteiger partial charge on any atom is 0.304 e. The molecule has 0 aliphatic heterocycles. The van der Waals surface area contributed by atoms with Gasteiger partial charge in [-0.2, -0.15) is 4.98 Å². The number of halogens is 3. The molecule has 0 amide bonds. The molecule has 10 heteroatoms. The Hall–Kier alpha value is -3.04. The lowest BCUT2D eigenvalue weighted by Gasteiger charge is -2.16. The summed E-state index contributed by atoms with van der Waals surface area (Å²) in [4.78, 5) is 15.2. The van der Waals surface area contributed by atoms with Crippen molar-refractivity contribution in [3.63, 3.8) is 0 Å². The van der Waals surface area contributed by atoms with Gasteiger partial charge in [-0.3, -0.25) is 4.79 Å². The van der Waals surface area contributed by atoms with E-state index in [0.29, 0.717) is 29.0 Å². The first-order chi connectivity index (χ1) is 17.4.